The van der Waals surface area contributed by atoms with E-state index >= 15 is 0 Å². The van der Waals surface area contributed by atoms with Crippen molar-refractivity contribution in [3.63, 3.8) is 0 Å². The minimum atomic E-state index is 0.465. The molecule has 0 aliphatic carbocycles. The number of hydrogen-bond donors (Lipinski definition) is 1. The maximum absolute atomic E-state index is 6.05. The number of aromatic nitrogens is 2. The third kappa shape index (κ3) is 1.21. The third-order valence-electron chi connectivity index (χ3n) is 1.97. The van der Waals surface area contributed by atoms with Crippen LogP contribution >= 0.6 is 11.6 Å². The normalized spacial score (nSPS) is 10.6. The van der Waals surface area contributed by atoms with Gasteiger partial charge < -0.3 is 5.73 Å². The first-order valence-corrected chi connectivity index (χ1v) is 4.23. The van der Waals surface area contributed by atoms with Crippen molar-refractivity contribution in [1.82, 2.24) is 9.97 Å². The fourth-order valence-corrected chi connectivity index (χ4v) is 1.43. The summed E-state index contributed by atoms with van der Waals surface area (Å²) in [7, 11) is 0. The Morgan fingerprint density at radius 2 is 2.08 bits per heavy atom. The molecule has 0 unspecified atom stereocenters. The summed E-state index contributed by atoms with van der Waals surface area (Å²) in [6.45, 7) is 1.93. The van der Waals surface area contributed by atoms with E-state index in [1.807, 2.05) is 19.1 Å². The van der Waals surface area contributed by atoms with Crippen LogP contribution in [0.25, 0.3) is 10.9 Å². The average molecular weight is 194 g/mol. The number of nitrogen functional groups attached to an aromatic ring is 1. The van der Waals surface area contributed by atoms with Gasteiger partial charge in [0.1, 0.15) is 12.1 Å². The lowest BCUT2D eigenvalue weighted by molar-refractivity contribution is 1.23. The van der Waals surface area contributed by atoms with E-state index in [4.69, 9.17) is 17.3 Å². The van der Waals surface area contributed by atoms with E-state index in [1.54, 1.807) is 0 Å². The van der Waals surface area contributed by atoms with Gasteiger partial charge in [-0.15, -0.1) is 0 Å². The molecule has 2 aromatic rings. The topological polar surface area (TPSA) is 51.8 Å². The molecule has 0 saturated heterocycles. The Bertz CT molecular complexity index is 468. The van der Waals surface area contributed by atoms with E-state index in [0.29, 0.717) is 16.4 Å². The Morgan fingerprint density at radius 1 is 1.31 bits per heavy atom. The summed E-state index contributed by atoms with van der Waals surface area (Å²) in [5, 5.41) is 1.45. The number of nitrogens with zero attached hydrogens (tertiary/aromatic N) is 2. The second-order valence-electron chi connectivity index (χ2n) is 2.85. The molecule has 0 aliphatic heterocycles. The van der Waals surface area contributed by atoms with Crippen molar-refractivity contribution in [2.24, 2.45) is 0 Å². The standard InChI is InChI=1S/C9H8ClN3/c1-5-2-3-6-8(7(5)10)12-4-13-9(6)11/h2-4H,1H3,(H2,11,12,13). The van der Waals surface area contributed by atoms with Crippen LogP contribution in [0, 0.1) is 6.92 Å². The number of anilines is 1. The van der Waals surface area contributed by atoms with Crippen LogP contribution in [0.3, 0.4) is 0 Å². The van der Waals surface area contributed by atoms with Crippen molar-refractivity contribution in [2.75, 3.05) is 5.73 Å². The van der Waals surface area contributed by atoms with Gasteiger partial charge in [-0.1, -0.05) is 17.7 Å². The molecule has 0 spiro atoms. The summed E-state index contributed by atoms with van der Waals surface area (Å²) in [4.78, 5) is 7.97. The third-order valence-corrected chi connectivity index (χ3v) is 2.45. The lowest BCUT2D eigenvalue weighted by Crippen LogP contribution is -1.93. The zero-order valence-electron chi connectivity index (χ0n) is 7.08. The van der Waals surface area contributed by atoms with E-state index in [9.17, 15) is 0 Å². The molecular weight excluding hydrogens is 186 g/mol. The average Bonchev–Trinajstić information content (AvgIpc) is 2.12. The molecule has 0 saturated carbocycles. The predicted octanol–water partition coefficient (Wildman–Crippen LogP) is 2.17. The maximum atomic E-state index is 6.05. The monoisotopic (exact) mass is 193 g/mol. The molecule has 2 rings (SSSR count). The molecule has 1 aromatic heterocycles. The fraction of sp³-hybridized carbons (Fsp3) is 0.111. The molecule has 4 heteroatoms. The van der Waals surface area contributed by atoms with Crippen molar-refractivity contribution in [2.45, 2.75) is 6.92 Å². The fourth-order valence-electron chi connectivity index (χ4n) is 1.22. The molecule has 0 atom stereocenters. The lowest BCUT2D eigenvalue weighted by atomic mass is 10.1. The largest absolute Gasteiger partial charge is 0.383 e. The summed E-state index contributed by atoms with van der Waals surface area (Å²) in [5.41, 5.74) is 7.38. The van der Waals surface area contributed by atoms with Crippen molar-refractivity contribution < 1.29 is 0 Å². The zero-order chi connectivity index (χ0) is 9.42. The van der Waals surface area contributed by atoms with Gasteiger partial charge in [0.05, 0.1) is 10.5 Å². The summed E-state index contributed by atoms with van der Waals surface area (Å²) < 4.78 is 0. The van der Waals surface area contributed by atoms with Crippen LogP contribution in [0.4, 0.5) is 5.82 Å². The quantitative estimate of drug-likeness (QED) is 0.698. The summed E-state index contributed by atoms with van der Waals surface area (Å²) in [5.74, 6) is 0.465. The Balaban J connectivity index is 2.94. The highest BCUT2D eigenvalue weighted by Crippen LogP contribution is 2.26. The van der Waals surface area contributed by atoms with Crippen LogP contribution in [0.5, 0.6) is 0 Å². The molecule has 0 fully saturated rings. The molecule has 2 N–H and O–H groups in total. The number of hydrogen-bond acceptors (Lipinski definition) is 3. The Kier molecular flexibility index (Phi) is 1.81. The van der Waals surface area contributed by atoms with Crippen LogP contribution < -0.4 is 5.73 Å². The van der Waals surface area contributed by atoms with E-state index in [1.165, 1.54) is 6.33 Å². The first-order chi connectivity index (χ1) is 6.20. The minimum absolute atomic E-state index is 0.465. The lowest BCUT2D eigenvalue weighted by Gasteiger charge is -2.03. The molecule has 0 amide bonds. The second kappa shape index (κ2) is 2.85. The molecular formula is C9H8ClN3. The predicted molar refractivity (Wildman–Crippen MR) is 53.7 cm³/mol. The molecule has 66 valence electrons. The molecule has 3 nitrogen and oxygen atoms in total. The van der Waals surface area contributed by atoms with E-state index < -0.39 is 0 Å². The Morgan fingerprint density at radius 3 is 2.85 bits per heavy atom. The highest BCUT2D eigenvalue weighted by molar-refractivity contribution is 6.36. The van der Waals surface area contributed by atoms with Gasteiger partial charge in [0.2, 0.25) is 0 Å². The molecule has 0 aliphatic rings. The zero-order valence-corrected chi connectivity index (χ0v) is 7.84. The second-order valence-corrected chi connectivity index (χ2v) is 3.23. The van der Waals surface area contributed by atoms with E-state index in [0.717, 1.165) is 10.9 Å². The van der Waals surface area contributed by atoms with Crippen LogP contribution in [-0.4, -0.2) is 9.97 Å². The first kappa shape index (κ1) is 8.26. The smallest absolute Gasteiger partial charge is 0.134 e. The molecule has 13 heavy (non-hydrogen) atoms. The van der Waals surface area contributed by atoms with Crippen molar-refractivity contribution >= 4 is 28.3 Å². The van der Waals surface area contributed by atoms with Gasteiger partial charge >= 0.3 is 0 Å². The number of benzene rings is 1. The summed E-state index contributed by atoms with van der Waals surface area (Å²) in [6, 6.07) is 3.79. The van der Waals surface area contributed by atoms with Crippen molar-refractivity contribution in [3.8, 4) is 0 Å². The number of nitrogens with two attached hydrogens (primary N) is 1. The van der Waals surface area contributed by atoms with Gasteiger partial charge in [-0.2, -0.15) is 0 Å². The van der Waals surface area contributed by atoms with Crippen LogP contribution in [0.1, 0.15) is 5.56 Å². The minimum Gasteiger partial charge on any atom is -0.383 e. The van der Waals surface area contributed by atoms with Crippen LogP contribution in [-0.2, 0) is 0 Å². The highest BCUT2D eigenvalue weighted by Gasteiger charge is 2.05. The number of fused-ring (bicyclic) bond motifs is 1. The van der Waals surface area contributed by atoms with Gasteiger partial charge in [0.25, 0.3) is 0 Å². The Hall–Kier alpha value is -1.35. The molecule has 0 bridgehead atoms. The van der Waals surface area contributed by atoms with Crippen LogP contribution in [0.15, 0.2) is 18.5 Å². The van der Waals surface area contributed by atoms with Crippen LogP contribution in [0.2, 0.25) is 5.02 Å². The van der Waals surface area contributed by atoms with E-state index in [-0.39, 0.29) is 0 Å². The number of rotatable bonds is 0. The van der Waals surface area contributed by atoms with Crippen molar-refractivity contribution in [3.05, 3.63) is 29.0 Å². The summed E-state index contributed by atoms with van der Waals surface area (Å²) in [6.07, 6.45) is 1.42. The van der Waals surface area contributed by atoms with Gasteiger partial charge in [-0.05, 0) is 18.6 Å². The van der Waals surface area contributed by atoms with Gasteiger partial charge in [0, 0.05) is 5.39 Å². The molecule has 0 radical (unpaired) electrons. The van der Waals surface area contributed by atoms with Crippen molar-refractivity contribution in [1.29, 1.82) is 0 Å². The van der Waals surface area contributed by atoms with Gasteiger partial charge in [-0.25, -0.2) is 9.97 Å². The number of halogens is 1. The maximum Gasteiger partial charge on any atom is 0.134 e. The molecule has 1 aromatic carbocycles. The van der Waals surface area contributed by atoms with Gasteiger partial charge in [-0.3, -0.25) is 0 Å². The van der Waals surface area contributed by atoms with E-state index in [2.05, 4.69) is 9.97 Å². The SMILES string of the molecule is Cc1ccc2c(N)ncnc2c1Cl. The summed E-state index contributed by atoms with van der Waals surface area (Å²) >= 11 is 6.05. The number of aryl methyl sites for hydroxylation is 1. The van der Waals surface area contributed by atoms with Gasteiger partial charge in [0.15, 0.2) is 0 Å². The first-order valence-electron chi connectivity index (χ1n) is 3.85. The Labute approximate surface area is 80.6 Å². The highest BCUT2D eigenvalue weighted by atomic mass is 35.5. The molecule has 1 heterocycles.